The number of thiophene rings is 2. The fourth-order valence-corrected chi connectivity index (χ4v) is 9.85. The van der Waals surface area contributed by atoms with Crippen molar-refractivity contribution in [1.82, 2.24) is 0 Å². The minimum absolute atomic E-state index is 1.06. The van der Waals surface area contributed by atoms with Gasteiger partial charge in [0.25, 0.3) is 0 Å². The lowest BCUT2D eigenvalue weighted by molar-refractivity contribution is 0.341. The van der Waals surface area contributed by atoms with Gasteiger partial charge in [0.1, 0.15) is 0 Å². The average molecular weight is 759 g/mol. The molecule has 0 atom stereocenters. The Morgan fingerprint density at radius 1 is 0.500 bits per heavy atom. The summed E-state index contributed by atoms with van der Waals surface area (Å²) in [6, 6.07) is 45.5. The van der Waals surface area contributed by atoms with E-state index < -0.39 is 0 Å². The van der Waals surface area contributed by atoms with Crippen LogP contribution in [-0.4, -0.2) is 7.11 Å². The molecule has 0 aliphatic heterocycles. The van der Waals surface area contributed by atoms with E-state index in [2.05, 4.69) is 159 Å². The van der Waals surface area contributed by atoms with Crippen LogP contribution in [0.15, 0.2) is 143 Å². The van der Waals surface area contributed by atoms with Crippen molar-refractivity contribution >= 4 is 122 Å². The van der Waals surface area contributed by atoms with Crippen LogP contribution in [0.2, 0.25) is 0 Å². The molecule has 1 nitrogen and oxygen atoms in total. The van der Waals surface area contributed by atoms with Crippen molar-refractivity contribution in [2.45, 2.75) is 0 Å². The molecule has 0 N–H and O–H groups in total. The molecule has 0 aliphatic rings. The summed E-state index contributed by atoms with van der Waals surface area (Å²) in [7, 11) is 1.67. The van der Waals surface area contributed by atoms with Crippen molar-refractivity contribution in [1.29, 1.82) is 0 Å². The van der Waals surface area contributed by atoms with E-state index in [4.69, 9.17) is 4.74 Å². The minimum atomic E-state index is 1.06. The monoisotopic (exact) mass is 756 g/mol. The molecule has 222 valence electrons. The van der Waals surface area contributed by atoms with Crippen LogP contribution in [0.4, 0.5) is 0 Å². The molecule has 0 saturated heterocycles. The molecule has 0 unspecified atom stereocenters. The molecule has 0 spiro atoms. The third-order valence-electron chi connectivity index (χ3n) is 8.45. The molecular weight excluding hydrogens is 732 g/mol. The van der Waals surface area contributed by atoms with Gasteiger partial charge in [-0.1, -0.05) is 135 Å². The molecule has 9 rings (SSSR count). The number of fused-ring (bicyclic) bond motifs is 10. The van der Waals surface area contributed by atoms with Gasteiger partial charge in [-0.3, -0.25) is 0 Å². The summed E-state index contributed by atoms with van der Waals surface area (Å²) in [5.41, 5.74) is 3.59. The summed E-state index contributed by atoms with van der Waals surface area (Å²) < 4.78 is 12.7. The molecule has 9 aromatic rings. The molecule has 0 saturated carbocycles. The third-order valence-corrected chi connectivity index (χ3v) is 12.3. The maximum Gasteiger partial charge on any atom is 0.0831 e. The largest absolute Gasteiger partial charge is 0.504 e. The van der Waals surface area contributed by atoms with Gasteiger partial charge in [0, 0.05) is 60.2 Å². The first-order valence-electron chi connectivity index (χ1n) is 14.9. The minimum Gasteiger partial charge on any atom is -0.504 e. The highest BCUT2D eigenvalue weighted by Crippen LogP contribution is 2.43. The van der Waals surface area contributed by atoms with Crippen LogP contribution in [0.25, 0.3) is 79.1 Å². The first-order chi connectivity index (χ1) is 22.6. The number of rotatable bonds is 3. The van der Waals surface area contributed by atoms with Gasteiger partial charge in [-0.15, -0.1) is 22.7 Å². The topological polar surface area (TPSA) is 9.23 Å². The number of halogens is 2. The van der Waals surface area contributed by atoms with E-state index >= 15 is 0 Å². The Kier molecular flexibility index (Phi) is 7.87. The maximum atomic E-state index is 5.13. The molecule has 2 heterocycles. The van der Waals surface area contributed by atoms with E-state index in [0.717, 1.165) is 14.5 Å². The highest BCUT2D eigenvalue weighted by atomic mass is 79.9. The van der Waals surface area contributed by atoms with Crippen molar-refractivity contribution in [3.63, 3.8) is 0 Å². The predicted octanol–water partition coefficient (Wildman–Crippen LogP) is 14.2. The zero-order valence-corrected chi connectivity index (χ0v) is 29.6. The van der Waals surface area contributed by atoms with E-state index in [1.165, 1.54) is 73.0 Å². The fraction of sp³-hybridized carbons (Fsp3) is 0.0244. The van der Waals surface area contributed by atoms with Gasteiger partial charge in [0.15, 0.2) is 0 Å². The van der Waals surface area contributed by atoms with Crippen molar-refractivity contribution in [2.75, 3.05) is 7.11 Å². The van der Waals surface area contributed by atoms with E-state index in [1.54, 1.807) is 13.4 Å². The van der Waals surface area contributed by atoms with Gasteiger partial charge >= 0.3 is 0 Å². The van der Waals surface area contributed by atoms with Crippen LogP contribution in [-0.2, 0) is 4.74 Å². The quantitative estimate of drug-likeness (QED) is 0.129. The molecule has 2 aromatic heterocycles. The number of benzene rings is 7. The smallest absolute Gasteiger partial charge is 0.0831 e. The van der Waals surface area contributed by atoms with Crippen LogP contribution in [0, 0.1) is 0 Å². The first kappa shape index (κ1) is 29.4. The van der Waals surface area contributed by atoms with Gasteiger partial charge < -0.3 is 4.74 Å². The summed E-state index contributed by atoms with van der Waals surface area (Å²) in [4.78, 5) is 0. The summed E-state index contributed by atoms with van der Waals surface area (Å²) >= 11 is 11.1. The second-order valence-electron chi connectivity index (χ2n) is 11.1. The molecule has 46 heavy (non-hydrogen) atoms. The van der Waals surface area contributed by atoms with E-state index in [1.807, 2.05) is 28.7 Å². The molecule has 7 aromatic carbocycles. The summed E-state index contributed by atoms with van der Waals surface area (Å²) in [6.07, 6.45) is 3.72. The van der Waals surface area contributed by atoms with E-state index in [0.29, 0.717) is 0 Å². The number of hydrogen-bond acceptors (Lipinski definition) is 3. The second-order valence-corrected chi connectivity index (χ2v) is 14.9. The lowest BCUT2D eigenvalue weighted by atomic mass is 9.98. The Bertz CT molecular complexity index is 2610. The molecule has 0 amide bonds. The van der Waals surface area contributed by atoms with Crippen LogP contribution < -0.4 is 0 Å². The van der Waals surface area contributed by atoms with Crippen LogP contribution in [0.5, 0.6) is 0 Å². The summed E-state index contributed by atoms with van der Waals surface area (Å²) in [5.74, 6) is 0. The summed E-state index contributed by atoms with van der Waals surface area (Å²) in [6.45, 7) is 0. The van der Waals surface area contributed by atoms with Crippen molar-refractivity contribution in [2.24, 2.45) is 0 Å². The molecule has 0 bridgehead atoms. The normalized spacial score (nSPS) is 11.7. The third kappa shape index (κ3) is 5.03. The van der Waals surface area contributed by atoms with Gasteiger partial charge in [0.05, 0.1) is 13.4 Å². The lowest BCUT2D eigenvalue weighted by Gasteiger charge is -2.10. The summed E-state index contributed by atoms with van der Waals surface area (Å²) in [5, 5.41) is 10.6. The maximum absolute atomic E-state index is 5.13. The zero-order valence-electron chi connectivity index (χ0n) is 24.8. The van der Waals surface area contributed by atoms with Gasteiger partial charge in [0.2, 0.25) is 0 Å². The number of methoxy groups -OCH3 is 1. The molecule has 0 aliphatic carbocycles. The van der Waals surface area contributed by atoms with Crippen molar-refractivity contribution in [3.8, 4) is 11.1 Å². The Morgan fingerprint density at radius 2 is 1.07 bits per heavy atom. The van der Waals surface area contributed by atoms with Crippen LogP contribution >= 0.6 is 54.5 Å². The fourth-order valence-electron chi connectivity index (χ4n) is 6.35. The standard InChI is InChI=1S/C21H15BrOS.C20H11BrS/c1-23-13-12-15-14(7-5-10-19(15)22)17-8-4-9-18-16-6-2-3-11-20(16)24-21(17)18;21-17-6-3-5-15-13(17)10-8-12-9-11-16-14-4-1-2-7-18(14)22-20(16)19(12)15/h2-13H,1H3;1-11H/b13-12+;. The van der Waals surface area contributed by atoms with Crippen LogP contribution in [0.1, 0.15) is 5.56 Å². The Labute approximate surface area is 291 Å². The highest BCUT2D eigenvalue weighted by Gasteiger charge is 2.14. The highest BCUT2D eigenvalue weighted by molar-refractivity contribution is 9.11. The molecule has 0 radical (unpaired) electrons. The van der Waals surface area contributed by atoms with Gasteiger partial charge in [-0.05, 0) is 57.6 Å². The van der Waals surface area contributed by atoms with Crippen LogP contribution in [0.3, 0.4) is 0 Å². The molecule has 0 fully saturated rings. The molecular formula is C41H26Br2OS2. The Morgan fingerprint density at radius 3 is 1.83 bits per heavy atom. The number of hydrogen-bond donors (Lipinski definition) is 0. The van der Waals surface area contributed by atoms with Crippen molar-refractivity contribution < 1.29 is 4.74 Å². The molecule has 5 heteroatoms. The first-order valence-corrected chi connectivity index (χ1v) is 18.1. The SMILES string of the molecule is Brc1cccc2c1ccc1ccc3c4ccccc4sc3c12.CO/C=C/c1c(Br)cccc1-c1cccc2c1sc1ccccc12. The second kappa shape index (κ2) is 12.3. The zero-order chi connectivity index (χ0) is 31.2. The average Bonchev–Trinajstić information content (AvgIpc) is 3.67. The Balaban J connectivity index is 0.000000136. The van der Waals surface area contributed by atoms with Gasteiger partial charge in [-0.25, -0.2) is 0 Å². The van der Waals surface area contributed by atoms with Gasteiger partial charge in [-0.2, -0.15) is 0 Å². The van der Waals surface area contributed by atoms with E-state index in [9.17, 15) is 0 Å². The Hall–Kier alpha value is -4.00. The predicted molar refractivity (Wildman–Crippen MR) is 211 cm³/mol. The van der Waals surface area contributed by atoms with E-state index in [-0.39, 0.29) is 0 Å². The lowest BCUT2D eigenvalue weighted by Crippen LogP contribution is -1.86. The number of ether oxygens (including phenoxy) is 1. The van der Waals surface area contributed by atoms with Crippen molar-refractivity contribution in [3.05, 3.63) is 148 Å².